The van der Waals surface area contributed by atoms with Gasteiger partial charge in [0.05, 0.1) is 15.1 Å². The average molecular weight is 523 g/mol. The van der Waals surface area contributed by atoms with Crippen molar-refractivity contribution in [2.75, 3.05) is 36.8 Å². The number of rotatable bonds is 8. The maximum atomic E-state index is 13.7. The lowest BCUT2D eigenvalue weighted by atomic mass is 10.1. The lowest BCUT2D eigenvalue weighted by Crippen LogP contribution is -2.36. The molecule has 36 heavy (non-hydrogen) atoms. The van der Waals surface area contributed by atoms with Crippen LogP contribution in [0.4, 0.5) is 10.8 Å². The highest BCUT2D eigenvalue weighted by molar-refractivity contribution is 7.92. The first kappa shape index (κ1) is 25.8. The first-order valence-corrected chi connectivity index (χ1v) is 13.9. The standard InChI is InChI=1S/C27H30N4O3S2/c1-18-9-11-23(12-10-18)36(33,34)29-22-8-6-7-21(17-22)26(32)31(14-13-30(4)5)27-28-24-15-19(2)20(3)16-25(24)35-27/h6-12,15-17,29H,13-14H2,1-5H3. The highest BCUT2D eigenvalue weighted by Crippen LogP contribution is 2.32. The summed E-state index contributed by atoms with van der Waals surface area (Å²) in [5, 5.41) is 0.618. The molecule has 0 aliphatic carbocycles. The third-order valence-corrected chi connectivity index (χ3v) is 8.37. The number of carbonyl (C=O) groups is 1. The predicted octanol–water partition coefficient (Wildman–Crippen LogP) is 5.23. The van der Waals surface area contributed by atoms with Crippen LogP contribution in [0.3, 0.4) is 0 Å². The molecule has 4 rings (SSSR count). The Bertz CT molecular complexity index is 1470. The van der Waals surface area contributed by atoms with Gasteiger partial charge in [0.25, 0.3) is 15.9 Å². The Balaban J connectivity index is 1.65. The number of thiazole rings is 1. The average Bonchev–Trinajstić information content (AvgIpc) is 3.21. The van der Waals surface area contributed by atoms with Gasteiger partial charge in [0, 0.05) is 24.3 Å². The smallest absolute Gasteiger partial charge is 0.261 e. The summed E-state index contributed by atoms with van der Waals surface area (Å²) in [5.74, 6) is -0.235. The van der Waals surface area contributed by atoms with Crippen molar-refractivity contribution in [2.24, 2.45) is 0 Å². The first-order chi connectivity index (χ1) is 17.0. The topological polar surface area (TPSA) is 82.6 Å². The summed E-state index contributed by atoms with van der Waals surface area (Å²) < 4.78 is 29.3. The predicted molar refractivity (Wildman–Crippen MR) is 148 cm³/mol. The minimum absolute atomic E-state index is 0.164. The normalized spacial score (nSPS) is 11.7. The van der Waals surface area contributed by atoms with Gasteiger partial charge in [-0.25, -0.2) is 13.4 Å². The molecule has 9 heteroatoms. The van der Waals surface area contributed by atoms with E-state index in [4.69, 9.17) is 4.98 Å². The minimum atomic E-state index is -3.78. The SMILES string of the molecule is Cc1ccc(S(=O)(=O)Nc2cccc(C(=O)N(CCN(C)C)c3nc4cc(C)c(C)cc4s3)c2)cc1. The Labute approximate surface area is 216 Å². The van der Waals surface area contributed by atoms with Gasteiger partial charge in [-0.2, -0.15) is 0 Å². The van der Waals surface area contributed by atoms with Gasteiger partial charge in [0.1, 0.15) is 0 Å². The van der Waals surface area contributed by atoms with Crippen molar-refractivity contribution in [2.45, 2.75) is 25.7 Å². The second kappa shape index (κ2) is 10.4. The fraction of sp³-hybridized carbons (Fsp3) is 0.259. The number of anilines is 2. The zero-order valence-corrected chi connectivity index (χ0v) is 22.7. The van der Waals surface area contributed by atoms with Gasteiger partial charge in [-0.3, -0.25) is 14.4 Å². The van der Waals surface area contributed by atoms with Gasteiger partial charge >= 0.3 is 0 Å². The number of fused-ring (bicyclic) bond motifs is 1. The van der Waals surface area contributed by atoms with Crippen LogP contribution in [-0.4, -0.2) is 51.4 Å². The van der Waals surface area contributed by atoms with Crippen LogP contribution in [0, 0.1) is 20.8 Å². The molecule has 1 amide bonds. The molecule has 0 unspecified atom stereocenters. The number of likely N-dealkylation sites (N-methyl/N-ethyl adjacent to an activating group) is 1. The molecule has 1 N–H and O–H groups in total. The van der Waals surface area contributed by atoms with Gasteiger partial charge in [0.15, 0.2) is 5.13 Å². The number of nitrogens with zero attached hydrogens (tertiary/aromatic N) is 3. The highest BCUT2D eigenvalue weighted by atomic mass is 32.2. The van der Waals surface area contributed by atoms with Gasteiger partial charge < -0.3 is 4.90 Å². The maximum Gasteiger partial charge on any atom is 0.261 e. The number of nitrogens with one attached hydrogen (secondary N) is 1. The molecule has 3 aromatic carbocycles. The summed E-state index contributed by atoms with van der Waals surface area (Å²) in [5.41, 5.74) is 4.87. The third-order valence-electron chi connectivity index (χ3n) is 5.93. The second-order valence-corrected chi connectivity index (χ2v) is 11.9. The van der Waals surface area contributed by atoms with Crippen LogP contribution in [0.5, 0.6) is 0 Å². The van der Waals surface area contributed by atoms with E-state index in [2.05, 4.69) is 17.7 Å². The van der Waals surface area contributed by atoms with Crippen molar-refractivity contribution in [1.29, 1.82) is 0 Å². The van der Waals surface area contributed by atoms with Crippen LogP contribution >= 0.6 is 11.3 Å². The molecule has 7 nitrogen and oxygen atoms in total. The Morgan fingerprint density at radius 2 is 1.64 bits per heavy atom. The summed E-state index contributed by atoms with van der Waals surface area (Å²) in [6.45, 7) is 7.11. The van der Waals surface area contributed by atoms with E-state index in [1.807, 2.05) is 38.9 Å². The number of amides is 1. The van der Waals surface area contributed by atoms with E-state index in [0.29, 0.717) is 29.5 Å². The van der Waals surface area contributed by atoms with Crippen LogP contribution in [-0.2, 0) is 10.0 Å². The molecule has 0 aliphatic rings. The zero-order valence-electron chi connectivity index (χ0n) is 21.1. The Hall–Kier alpha value is -3.27. The highest BCUT2D eigenvalue weighted by Gasteiger charge is 2.23. The van der Waals surface area contributed by atoms with Crippen molar-refractivity contribution < 1.29 is 13.2 Å². The van der Waals surface area contributed by atoms with Crippen LogP contribution in [0.2, 0.25) is 0 Å². The number of carbonyl (C=O) groups excluding carboxylic acids is 1. The summed E-state index contributed by atoms with van der Waals surface area (Å²) in [6, 6.07) is 17.3. The number of hydrogen-bond acceptors (Lipinski definition) is 6. The third kappa shape index (κ3) is 5.75. The largest absolute Gasteiger partial charge is 0.308 e. The molecule has 0 fully saturated rings. The van der Waals surface area contributed by atoms with Crippen molar-refractivity contribution in [3.05, 3.63) is 82.9 Å². The fourth-order valence-corrected chi connectivity index (χ4v) is 5.79. The molecule has 0 saturated heterocycles. The van der Waals surface area contributed by atoms with Gasteiger partial charge in [-0.05, 0) is 88.5 Å². The Kier molecular flexibility index (Phi) is 7.44. The van der Waals surface area contributed by atoms with E-state index < -0.39 is 10.0 Å². The monoisotopic (exact) mass is 522 g/mol. The molecule has 0 aliphatic heterocycles. The molecule has 0 spiro atoms. The van der Waals surface area contributed by atoms with E-state index in [1.165, 1.54) is 16.9 Å². The van der Waals surface area contributed by atoms with Crippen molar-refractivity contribution >= 4 is 48.3 Å². The maximum absolute atomic E-state index is 13.7. The van der Waals surface area contributed by atoms with Crippen molar-refractivity contribution in [3.8, 4) is 0 Å². The van der Waals surface area contributed by atoms with E-state index in [0.717, 1.165) is 21.3 Å². The minimum Gasteiger partial charge on any atom is -0.308 e. The fourth-order valence-electron chi connectivity index (χ4n) is 3.67. The van der Waals surface area contributed by atoms with Crippen molar-refractivity contribution in [1.82, 2.24) is 9.88 Å². The lowest BCUT2D eigenvalue weighted by molar-refractivity contribution is 0.0985. The molecule has 0 bridgehead atoms. The molecule has 4 aromatic rings. The van der Waals surface area contributed by atoms with Crippen molar-refractivity contribution in [3.63, 3.8) is 0 Å². The van der Waals surface area contributed by atoms with Crippen LogP contribution in [0.25, 0.3) is 10.2 Å². The molecule has 1 aromatic heterocycles. The second-order valence-electron chi connectivity index (χ2n) is 9.16. The van der Waals surface area contributed by atoms with Crippen LogP contribution in [0.15, 0.2) is 65.6 Å². The lowest BCUT2D eigenvalue weighted by Gasteiger charge is -2.22. The summed E-state index contributed by atoms with van der Waals surface area (Å²) in [6.07, 6.45) is 0. The summed E-state index contributed by atoms with van der Waals surface area (Å²) in [4.78, 5) is 22.3. The molecule has 0 saturated carbocycles. The summed E-state index contributed by atoms with van der Waals surface area (Å²) in [7, 11) is 0.121. The number of hydrogen-bond donors (Lipinski definition) is 1. The van der Waals surface area contributed by atoms with Crippen LogP contribution in [0.1, 0.15) is 27.0 Å². The quantitative estimate of drug-likeness (QED) is 0.343. The summed E-state index contributed by atoms with van der Waals surface area (Å²) >= 11 is 1.48. The van der Waals surface area contributed by atoms with Gasteiger partial charge in [-0.1, -0.05) is 35.1 Å². The van der Waals surface area contributed by atoms with E-state index in [9.17, 15) is 13.2 Å². The van der Waals surface area contributed by atoms with E-state index in [-0.39, 0.29) is 10.8 Å². The molecular formula is C27H30N4O3S2. The molecule has 1 heterocycles. The van der Waals surface area contributed by atoms with Gasteiger partial charge in [0.2, 0.25) is 0 Å². The van der Waals surface area contributed by atoms with Gasteiger partial charge in [-0.15, -0.1) is 0 Å². The Morgan fingerprint density at radius 3 is 2.33 bits per heavy atom. The molecule has 0 atom stereocenters. The zero-order chi connectivity index (χ0) is 26.0. The number of sulfonamides is 1. The molecule has 188 valence electrons. The van der Waals surface area contributed by atoms with Crippen LogP contribution < -0.4 is 9.62 Å². The van der Waals surface area contributed by atoms with E-state index in [1.54, 1.807) is 53.4 Å². The molecular weight excluding hydrogens is 492 g/mol. The molecule has 0 radical (unpaired) electrons. The number of aromatic nitrogens is 1. The Morgan fingerprint density at radius 1 is 0.944 bits per heavy atom. The first-order valence-electron chi connectivity index (χ1n) is 11.6. The van der Waals surface area contributed by atoms with E-state index >= 15 is 0 Å². The number of aryl methyl sites for hydroxylation is 3. The number of benzene rings is 3.